The Morgan fingerprint density at radius 2 is 2.07 bits per heavy atom. The van der Waals surface area contributed by atoms with Crippen molar-refractivity contribution in [2.24, 2.45) is 5.73 Å². The quantitative estimate of drug-likeness (QED) is 0.496. The molecular formula is C19H21N5O4. The third-order valence-corrected chi connectivity index (χ3v) is 4.14. The first-order valence-electron chi connectivity index (χ1n) is 8.67. The van der Waals surface area contributed by atoms with E-state index in [2.05, 4.69) is 20.3 Å². The molecule has 1 aromatic carbocycles. The van der Waals surface area contributed by atoms with Crippen LogP contribution in [0.4, 0.5) is 0 Å². The lowest BCUT2D eigenvalue weighted by Gasteiger charge is -2.14. The normalized spacial score (nSPS) is 12.9. The van der Waals surface area contributed by atoms with Gasteiger partial charge < -0.3 is 25.2 Å². The number of rotatable bonds is 8. The van der Waals surface area contributed by atoms with Crippen LogP contribution in [-0.2, 0) is 22.4 Å². The first-order valence-corrected chi connectivity index (χ1v) is 8.67. The molecule has 4 N–H and O–H groups in total. The van der Waals surface area contributed by atoms with Crippen LogP contribution in [-0.4, -0.2) is 40.0 Å². The van der Waals surface area contributed by atoms with E-state index >= 15 is 0 Å². The van der Waals surface area contributed by atoms with Crippen molar-refractivity contribution in [3.8, 4) is 0 Å². The number of nitrogens with two attached hydrogens (primary N) is 1. The Balaban J connectivity index is 1.65. The number of carbonyl (C=O) groups is 2. The summed E-state index contributed by atoms with van der Waals surface area (Å²) in [5.74, 6) is -0.888. The monoisotopic (exact) mass is 383 g/mol. The van der Waals surface area contributed by atoms with E-state index in [1.165, 1.54) is 19.7 Å². The molecule has 0 spiro atoms. The van der Waals surface area contributed by atoms with Crippen molar-refractivity contribution in [3.05, 3.63) is 72.0 Å². The molecular weight excluding hydrogens is 362 g/mol. The molecule has 2 unspecified atom stereocenters. The molecule has 0 bridgehead atoms. The fraction of sp³-hybridized carbons (Fsp3) is 0.263. The van der Waals surface area contributed by atoms with Crippen LogP contribution in [0.15, 0.2) is 53.5 Å². The number of esters is 1. The van der Waals surface area contributed by atoms with Crippen LogP contribution in [0.25, 0.3) is 0 Å². The molecule has 1 amide bonds. The maximum Gasteiger partial charge on any atom is 0.328 e. The Bertz CT molecular complexity index is 908. The molecule has 0 aliphatic carbocycles. The number of aromatic amines is 1. The number of nitrogens with one attached hydrogen (secondary N) is 2. The maximum absolute atomic E-state index is 12.5. The Hall–Kier alpha value is -3.46. The van der Waals surface area contributed by atoms with E-state index < -0.39 is 24.0 Å². The molecule has 0 aliphatic heterocycles. The third-order valence-electron chi connectivity index (χ3n) is 4.14. The van der Waals surface area contributed by atoms with E-state index in [-0.39, 0.29) is 18.0 Å². The van der Waals surface area contributed by atoms with E-state index in [1.807, 2.05) is 30.3 Å². The Morgan fingerprint density at radius 3 is 2.75 bits per heavy atom. The Labute approximate surface area is 161 Å². The van der Waals surface area contributed by atoms with Gasteiger partial charge >= 0.3 is 5.97 Å². The summed E-state index contributed by atoms with van der Waals surface area (Å²) in [6, 6.07) is 8.27. The van der Waals surface area contributed by atoms with Crippen molar-refractivity contribution in [2.75, 3.05) is 7.11 Å². The number of H-pyrrole nitrogens is 1. The topological polar surface area (TPSA) is 136 Å². The van der Waals surface area contributed by atoms with Crippen LogP contribution in [0.5, 0.6) is 0 Å². The van der Waals surface area contributed by atoms with E-state index in [4.69, 9.17) is 14.9 Å². The van der Waals surface area contributed by atoms with Gasteiger partial charge in [-0.05, 0) is 12.0 Å². The number of benzene rings is 1. The lowest BCUT2D eigenvalue weighted by molar-refractivity contribution is -0.142. The molecule has 3 rings (SSSR count). The summed E-state index contributed by atoms with van der Waals surface area (Å²) in [7, 11) is 1.26. The van der Waals surface area contributed by atoms with Crippen LogP contribution in [0.1, 0.15) is 33.7 Å². The fourth-order valence-corrected chi connectivity index (χ4v) is 2.70. The van der Waals surface area contributed by atoms with Gasteiger partial charge in [-0.15, -0.1) is 0 Å². The molecule has 0 saturated carbocycles. The van der Waals surface area contributed by atoms with Crippen molar-refractivity contribution in [3.63, 3.8) is 0 Å². The van der Waals surface area contributed by atoms with Crippen LogP contribution >= 0.6 is 0 Å². The summed E-state index contributed by atoms with van der Waals surface area (Å²) >= 11 is 0. The molecule has 2 atom stereocenters. The lowest BCUT2D eigenvalue weighted by atomic mass is 10.1. The van der Waals surface area contributed by atoms with Crippen LogP contribution in [0.3, 0.4) is 0 Å². The summed E-state index contributed by atoms with van der Waals surface area (Å²) in [5.41, 5.74) is 7.88. The molecule has 2 heterocycles. The number of hydrogen-bond acceptors (Lipinski definition) is 7. The predicted octanol–water partition coefficient (Wildman–Crippen LogP) is 1.15. The molecule has 9 nitrogen and oxygen atoms in total. The van der Waals surface area contributed by atoms with Gasteiger partial charge in [0.05, 0.1) is 19.5 Å². The van der Waals surface area contributed by atoms with Gasteiger partial charge in [0.2, 0.25) is 5.89 Å². The number of carbonyl (C=O) groups excluding carboxylic acids is 2. The fourth-order valence-electron chi connectivity index (χ4n) is 2.70. The zero-order chi connectivity index (χ0) is 19.9. The number of amides is 1. The minimum absolute atomic E-state index is 0.0389. The molecule has 9 heteroatoms. The number of imidazole rings is 1. The number of hydrogen-bond donors (Lipinski definition) is 3. The minimum Gasteiger partial charge on any atom is -0.467 e. The average Bonchev–Trinajstić information content (AvgIpc) is 3.39. The van der Waals surface area contributed by atoms with Crippen LogP contribution in [0, 0.1) is 0 Å². The molecule has 0 radical (unpaired) electrons. The number of ether oxygens (including phenoxy) is 1. The molecule has 2 aromatic heterocycles. The highest BCUT2D eigenvalue weighted by molar-refractivity contribution is 5.95. The number of aromatic nitrogens is 3. The second kappa shape index (κ2) is 8.96. The Morgan fingerprint density at radius 1 is 1.29 bits per heavy atom. The zero-order valence-electron chi connectivity index (χ0n) is 15.3. The highest BCUT2D eigenvalue weighted by atomic mass is 16.5. The van der Waals surface area contributed by atoms with Gasteiger partial charge in [0.15, 0.2) is 5.69 Å². The maximum atomic E-state index is 12.5. The van der Waals surface area contributed by atoms with Crippen molar-refractivity contribution in [1.29, 1.82) is 0 Å². The molecule has 0 saturated heterocycles. The molecule has 3 aromatic rings. The van der Waals surface area contributed by atoms with Crippen molar-refractivity contribution in [2.45, 2.75) is 24.9 Å². The first kappa shape index (κ1) is 19.3. The smallest absolute Gasteiger partial charge is 0.328 e. The summed E-state index contributed by atoms with van der Waals surface area (Å²) in [6.07, 6.45) is 5.01. The highest BCUT2D eigenvalue weighted by Gasteiger charge is 2.25. The summed E-state index contributed by atoms with van der Waals surface area (Å²) in [5, 5.41) is 2.60. The SMILES string of the molecule is COC(=O)C(Cc1cnc[nH]1)NC(=O)c1coc(C(N)Cc2ccccc2)n1. The van der Waals surface area contributed by atoms with Gasteiger partial charge in [-0.3, -0.25) is 4.79 Å². The van der Waals surface area contributed by atoms with Crippen molar-refractivity contribution >= 4 is 11.9 Å². The second-order valence-corrected chi connectivity index (χ2v) is 6.20. The highest BCUT2D eigenvalue weighted by Crippen LogP contribution is 2.16. The third kappa shape index (κ3) is 4.83. The Kier molecular flexibility index (Phi) is 6.18. The predicted molar refractivity (Wildman–Crippen MR) is 99.1 cm³/mol. The second-order valence-electron chi connectivity index (χ2n) is 6.20. The largest absolute Gasteiger partial charge is 0.467 e. The van der Waals surface area contributed by atoms with E-state index in [9.17, 15) is 9.59 Å². The van der Waals surface area contributed by atoms with E-state index in [1.54, 1.807) is 6.20 Å². The van der Waals surface area contributed by atoms with E-state index in [0.717, 1.165) is 5.56 Å². The lowest BCUT2D eigenvalue weighted by Crippen LogP contribution is -2.43. The van der Waals surface area contributed by atoms with Gasteiger partial charge in [-0.25, -0.2) is 14.8 Å². The minimum atomic E-state index is -0.893. The van der Waals surface area contributed by atoms with Gasteiger partial charge in [0.1, 0.15) is 12.3 Å². The van der Waals surface area contributed by atoms with E-state index in [0.29, 0.717) is 12.1 Å². The van der Waals surface area contributed by atoms with Gasteiger partial charge in [0.25, 0.3) is 5.91 Å². The van der Waals surface area contributed by atoms with Crippen molar-refractivity contribution in [1.82, 2.24) is 20.3 Å². The molecule has 0 fully saturated rings. The summed E-state index contributed by atoms with van der Waals surface area (Å²) < 4.78 is 10.1. The standard InChI is InChI=1S/C19H21N5O4/c1-27-19(26)15(8-13-9-21-11-22-13)23-17(25)16-10-28-18(24-16)14(20)7-12-5-3-2-4-6-12/h2-6,9-11,14-15H,7-8,20H2,1H3,(H,21,22)(H,23,25). The number of oxazole rings is 1. The van der Waals surface area contributed by atoms with Crippen LogP contribution in [0.2, 0.25) is 0 Å². The van der Waals surface area contributed by atoms with Gasteiger partial charge in [0, 0.05) is 18.3 Å². The van der Waals surface area contributed by atoms with Gasteiger partial charge in [-0.2, -0.15) is 0 Å². The number of methoxy groups -OCH3 is 1. The van der Waals surface area contributed by atoms with Gasteiger partial charge in [-0.1, -0.05) is 30.3 Å². The summed E-state index contributed by atoms with van der Waals surface area (Å²) in [4.78, 5) is 35.4. The zero-order valence-corrected chi connectivity index (χ0v) is 15.3. The molecule has 28 heavy (non-hydrogen) atoms. The summed E-state index contributed by atoms with van der Waals surface area (Å²) in [6.45, 7) is 0. The molecule has 146 valence electrons. The molecule has 0 aliphatic rings. The number of nitrogens with zero attached hydrogens (tertiary/aromatic N) is 2. The average molecular weight is 383 g/mol. The first-order chi connectivity index (χ1) is 13.6. The van der Waals surface area contributed by atoms with Crippen LogP contribution < -0.4 is 11.1 Å². The van der Waals surface area contributed by atoms with Crippen molar-refractivity contribution < 1.29 is 18.7 Å².